The van der Waals surface area contributed by atoms with Gasteiger partial charge < -0.3 is 29.2 Å². The van der Waals surface area contributed by atoms with Crippen molar-refractivity contribution in [1.82, 2.24) is 10.2 Å². The molecule has 0 spiro atoms. The Bertz CT molecular complexity index is 1660. The Morgan fingerprint density at radius 1 is 0.872 bits per heavy atom. The Hall–Kier alpha value is -4.52. The van der Waals surface area contributed by atoms with Gasteiger partial charge in [-0.3, -0.25) is 13.9 Å². The minimum Gasteiger partial charge on any atom is -0.497 e. The van der Waals surface area contributed by atoms with Gasteiger partial charge in [-0.1, -0.05) is 37.5 Å². The molecule has 1 N–H and O–H groups in total. The van der Waals surface area contributed by atoms with Gasteiger partial charge >= 0.3 is 0 Å². The largest absolute Gasteiger partial charge is 0.497 e. The van der Waals surface area contributed by atoms with Gasteiger partial charge in [-0.05, 0) is 50.1 Å². The third-order valence-corrected chi connectivity index (χ3v) is 10.0. The molecule has 0 saturated heterocycles. The molecule has 3 aromatic rings. The first kappa shape index (κ1) is 35.3. The van der Waals surface area contributed by atoms with Gasteiger partial charge in [0.1, 0.15) is 29.9 Å². The van der Waals surface area contributed by atoms with Crippen LogP contribution in [0.5, 0.6) is 23.0 Å². The van der Waals surface area contributed by atoms with E-state index in [2.05, 4.69) is 5.32 Å². The fraction of sp³-hybridized carbons (Fsp3) is 0.412. The van der Waals surface area contributed by atoms with Crippen molar-refractivity contribution >= 4 is 27.5 Å². The Labute approximate surface area is 275 Å². The molecule has 254 valence electrons. The highest BCUT2D eigenvalue weighted by Gasteiger charge is 2.35. The molecule has 13 heteroatoms. The zero-order chi connectivity index (χ0) is 34.1. The summed E-state index contributed by atoms with van der Waals surface area (Å²) in [5.41, 5.74) is 0.187. The number of anilines is 1. The van der Waals surface area contributed by atoms with Crippen LogP contribution in [0.1, 0.15) is 44.6 Å². The Morgan fingerprint density at radius 2 is 1.53 bits per heavy atom. The molecule has 0 radical (unpaired) electrons. The van der Waals surface area contributed by atoms with E-state index >= 15 is 0 Å². The number of ether oxygens (including phenoxy) is 4. The zero-order valence-electron chi connectivity index (χ0n) is 27.3. The second-order valence-corrected chi connectivity index (χ2v) is 13.1. The van der Waals surface area contributed by atoms with E-state index in [-0.39, 0.29) is 40.2 Å². The number of benzene rings is 3. The summed E-state index contributed by atoms with van der Waals surface area (Å²) in [5.74, 6) is -0.790. The van der Waals surface area contributed by atoms with Crippen molar-refractivity contribution in [3.63, 3.8) is 0 Å². The lowest BCUT2D eigenvalue weighted by molar-refractivity contribution is -0.139. The van der Waals surface area contributed by atoms with Gasteiger partial charge in [0.05, 0.1) is 39.0 Å². The molecule has 11 nitrogen and oxygen atoms in total. The average Bonchev–Trinajstić information content (AvgIpc) is 3.09. The molecule has 1 atom stereocenters. The molecule has 1 aliphatic carbocycles. The minimum absolute atomic E-state index is 0.0140. The molecular formula is C34H42FN3O8S. The average molecular weight is 672 g/mol. The van der Waals surface area contributed by atoms with E-state index in [0.717, 1.165) is 36.4 Å². The van der Waals surface area contributed by atoms with Crippen molar-refractivity contribution in [3.05, 3.63) is 72.0 Å². The molecule has 47 heavy (non-hydrogen) atoms. The topological polar surface area (TPSA) is 124 Å². The second kappa shape index (κ2) is 15.9. The first-order valence-electron chi connectivity index (χ1n) is 15.3. The number of sulfonamides is 1. The van der Waals surface area contributed by atoms with Crippen LogP contribution in [0.2, 0.25) is 0 Å². The number of nitrogens with one attached hydrogen (secondary N) is 1. The molecule has 0 bridgehead atoms. The Morgan fingerprint density at radius 3 is 2.17 bits per heavy atom. The quantitative estimate of drug-likeness (QED) is 0.256. The molecular weight excluding hydrogens is 629 g/mol. The highest BCUT2D eigenvalue weighted by Crippen LogP contribution is 2.38. The van der Waals surface area contributed by atoms with Crippen LogP contribution in [0.3, 0.4) is 0 Å². The predicted octanol–water partition coefficient (Wildman–Crippen LogP) is 4.92. The highest BCUT2D eigenvalue weighted by molar-refractivity contribution is 7.92. The number of methoxy groups -OCH3 is 4. The van der Waals surface area contributed by atoms with E-state index in [0.29, 0.717) is 11.5 Å². The predicted molar refractivity (Wildman–Crippen MR) is 175 cm³/mol. The molecule has 0 unspecified atom stereocenters. The number of amides is 2. The van der Waals surface area contributed by atoms with Crippen molar-refractivity contribution in [3.8, 4) is 23.0 Å². The van der Waals surface area contributed by atoms with E-state index in [4.69, 9.17) is 18.9 Å². The zero-order valence-corrected chi connectivity index (χ0v) is 28.1. The number of nitrogens with zero attached hydrogens (tertiary/aromatic N) is 2. The second-order valence-electron chi connectivity index (χ2n) is 11.2. The fourth-order valence-corrected chi connectivity index (χ4v) is 7.00. The van der Waals surface area contributed by atoms with E-state index < -0.39 is 40.2 Å². The molecule has 3 aromatic carbocycles. The first-order valence-corrected chi connectivity index (χ1v) is 16.8. The van der Waals surface area contributed by atoms with Gasteiger partial charge in [-0.15, -0.1) is 0 Å². The standard InChI is InChI=1S/C34H42FN3O8S/c1-23(34(40)36-25-12-7-6-8-13-25)37(21-24-11-9-10-14-28(24)35)33(39)22-38(29-19-26(43-2)15-17-30(29)44-3)47(41,42)27-16-18-31(45-4)32(20-27)46-5/h9-11,14-20,23,25H,6-8,12-13,21-22H2,1-5H3,(H,36,40)/t23-/m1/s1. The first-order chi connectivity index (χ1) is 22.5. The number of carbonyl (C=O) groups is 2. The number of hydrogen-bond acceptors (Lipinski definition) is 8. The van der Waals surface area contributed by atoms with Gasteiger partial charge in [0.25, 0.3) is 10.0 Å². The van der Waals surface area contributed by atoms with Crippen LogP contribution in [0.25, 0.3) is 0 Å². The monoisotopic (exact) mass is 671 g/mol. The van der Waals surface area contributed by atoms with Crippen molar-refractivity contribution in [2.45, 2.75) is 62.6 Å². The third-order valence-electron chi connectivity index (χ3n) is 8.29. The minimum atomic E-state index is -4.51. The van der Waals surface area contributed by atoms with Crippen molar-refractivity contribution < 1.29 is 41.3 Å². The summed E-state index contributed by atoms with van der Waals surface area (Å²) in [6, 6.07) is 13.5. The number of halogens is 1. The molecule has 0 aromatic heterocycles. The van der Waals surface area contributed by atoms with Gasteiger partial charge in [-0.25, -0.2) is 12.8 Å². The van der Waals surface area contributed by atoms with Crippen LogP contribution < -0.4 is 28.6 Å². The van der Waals surface area contributed by atoms with Gasteiger partial charge in [0.2, 0.25) is 11.8 Å². The van der Waals surface area contributed by atoms with Crippen molar-refractivity contribution in [1.29, 1.82) is 0 Å². The van der Waals surface area contributed by atoms with E-state index in [1.54, 1.807) is 19.1 Å². The van der Waals surface area contributed by atoms with Gasteiger partial charge in [0.15, 0.2) is 11.5 Å². The van der Waals surface area contributed by atoms with Gasteiger partial charge in [-0.2, -0.15) is 0 Å². The smallest absolute Gasteiger partial charge is 0.265 e. The lowest BCUT2D eigenvalue weighted by Gasteiger charge is -2.33. The third kappa shape index (κ3) is 8.26. The van der Waals surface area contributed by atoms with Crippen LogP contribution in [0.4, 0.5) is 10.1 Å². The van der Waals surface area contributed by atoms with Crippen LogP contribution >= 0.6 is 0 Å². The van der Waals surface area contributed by atoms with Crippen LogP contribution in [0, 0.1) is 5.82 Å². The molecule has 0 heterocycles. The SMILES string of the molecule is COc1ccc(OC)c(N(CC(=O)N(Cc2ccccc2F)[C@H](C)C(=O)NC2CCCCC2)S(=O)(=O)c2ccc(OC)c(OC)c2)c1. The van der Waals surface area contributed by atoms with Crippen molar-refractivity contribution in [2.24, 2.45) is 0 Å². The summed E-state index contributed by atoms with van der Waals surface area (Å²) in [6.07, 6.45) is 4.72. The molecule has 1 aliphatic rings. The highest BCUT2D eigenvalue weighted by atomic mass is 32.2. The maximum Gasteiger partial charge on any atom is 0.265 e. The summed E-state index contributed by atoms with van der Waals surface area (Å²) in [6.45, 7) is 0.524. The number of rotatable bonds is 14. The summed E-state index contributed by atoms with van der Waals surface area (Å²) in [7, 11) is 1.09. The summed E-state index contributed by atoms with van der Waals surface area (Å²) >= 11 is 0. The maximum absolute atomic E-state index is 14.9. The lowest BCUT2D eigenvalue weighted by Crippen LogP contribution is -2.53. The van der Waals surface area contributed by atoms with E-state index in [9.17, 15) is 22.4 Å². The van der Waals surface area contributed by atoms with Gasteiger partial charge in [0, 0.05) is 30.3 Å². The lowest BCUT2D eigenvalue weighted by atomic mass is 9.95. The summed E-state index contributed by atoms with van der Waals surface area (Å²) in [4.78, 5) is 28.9. The Kier molecular flexibility index (Phi) is 11.9. The molecule has 4 rings (SSSR count). The number of carbonyl (C=O) groups excluding carboxylic acids is 2. The summed E-state index contributed by atoms with van der Waals surface area (Å²) < 4.78 is 66.2. The number of hydrogen-bond donors (Lipinski definition) is 1. The molecule has 1 fully saturated rings. The van der Waals surface area contributed by atoms with Crippen LogP contribution in [-0.4, -0.2) is 72.2 Å². The van der Waals surface area contributed by atoms with E-state index in [1.165, 1.54) is 81.9 Å². The molecule has 1 saturated carbocycles. The molecule has 0 aliphatic heterocycles. The summed E-state index contributed by atoms with van der Waals surface area (Å²) in [5, 5.41) is 3.03. The van der Waals surface area contributed by atoms with Crippen LogP contribution in [-0.2, 0) is 26.2 Å². The molecule has 2 amide bonds. The van der Waals surface area contributed by atoms with Crippen molar-refractivity contribution in [2.75, 3.05) is 39.3 Å². The van der Waals surface area contributed by atoms with E-state index in [1.807, 2.05) is 0 Å². The fourth-order valence-electron chi connectivity index (χ4n) is 5.57. The maximum atomic E-state index is 14.9. The van der Waals surface area contributed by atoms with Crippen LogP contribution in [0.15, 0.2) is 65.6 Å². The Balaban J connectivity index is 1.79. The normalized spacial score (nSPS) is 14.1.